The molecule has 0 fully saturated rings. The van der Waals surface area contributed by atoms with Gasteiger partial charge in [-0.25, -0.2) is 8.78 Å². The Bertz CT molecular complexity index is 616. The van der Waals surface area contributed by atoms with E-state index in [0.29, 0.717) is 0 Å². The molecule has 21 heavy (non-hydrogen) atoms. The zero-order chi connectivity index (χ0) is 16.2. The van der Waals surface area contributed by atoms with E-state index in [9.17, 15) is 22.0 Å². The van der Waals surface area contributed by atoms with Crippen molar-refractivity contribution in [2.75, 3.05) is 25.4 Å². The van der Waals surface area contributed by atoms with Crippen molar-refractivity contribution < 1.29 is 26.7 Å². The van der Waals surface area contributed by atoms with Crippen LogP contribution in [0.15, 0.2) is 16.6 Å². The van der Waals surface area contributed by atoms with Crippen LogP contribution in [0.4, 0.5) is 14.5 Å². The Hall–Kier alpha value is -1.26. The molecule has 0 heterocycles. The maximum absolute atomic E-state index is 13.6. The summed E-state index contributed by atoms with van der Waals surface area (Å²) in [6.07, 6.45) is -0.181. The summed E-state index contributed by atoms with van der Waals surface area (Å²) < 4.78 is 58.1. The zero-order valence-electron chi connectivity index (χ0n) is 11.2. The molecule has 0 saturated heterocycles. The van der Waals surface area contributed by atoms with Gasteiger partial charge >= 0.3 is 16.2 Å². The number of halogens is 3. The average molecular weight is 387 g/mol. The third-order valence-electron chi connectivity index (χ3n) is 2.51. The van der Waals surface area contributed by atoms with Crippen LogP contribution in [0.1, 0.15) is 6.42 Å². The normalized spacial score (nSPS) is 11.5. The summed E-state index contributed by atoms with van der Waals surface area (Å²) in [4.78, 5) is 11.0. The molecule has 1 rings (SSSR count). The van der Waals surface area contributed by atoms with Crippen LogP contribution in [0.25, 0.3) is 0 Å². The van der Waals surface area contributed by atoms with E-state index in [1.165, 1.54) is 14.2 Å². The number of carbonyl (C=O) groups is 1. The standard InChI is InChI=1S/C11H13BrF2N2O4S/c1-16(4-3-10(17)20-2)21(18,19)15-11-8(13)5-7(12)6-9(11)14/h5-6,15H,3-4H2,1-2H3. The van der Waals surface area contributed by atoms with Crippen LogP contribution in [-0.2, 0) is 19.7 Å². The molecule has 0 aliphatic carbocycles. The first-order valence-corrected chi connectivity index (χ1v) is 7.86. The van der Waals surface area contributed by atoms with Gasteiger partial charge in [0.15, 0.2) is 11.6 Å². The van der Waals surface area contributed by atoms with E-state index in [1.807, 2.05) is 0 Å². The topological polar surface area (TPSA) is 75.7 Å². The van der Waals surface area contributed by atoms with Gasteiger partial charge in [-0.05, 0) is 12.1 Å². The molecule has 1 aromatic carbocycles. The van der Waals surface area contributed by atoms with Crippen molar-refractivity contribution in [1.29, 1.82) is 0 Å². The Morgan fingerprint density at radius 3 is 2.38 bits per heavy atom. The lowest BCUT2D eigenvalue weighted by molar-refractivity contribution is -0.140. The third-order valence-corrected chi connectivity index (χ3v) is 4.43. The number of methoxy groups -OCH3 is 1. The molecule has 0 amide bonds. The average Bonchev–Trinajstić information content (AvgIpc) is 2.39. The second-order valence-corrected chi connectivity index (χ2v) is 6.69. The number of carbonyl (C=O) groups excluding carboxylic acids is 1. The second-order valence-electron chi connectivity index (χ2n) is 4.00. The molecule has 1 aromatic rings. The highest BCUT2D eigenvalue weighted by Crippen LogP contribution is 2.25. The van der Waals surface area contributed by atoms with E-state index in [4.69, 9.17) is 0 Å². The number of esters is 1. The minimum Gasteiger partial charge on any atom is -0.469 e. The Morgan fingerprint density at radius 2 is 1.90 bits per heavy atom. The minimum atomic E-state index is -4.19. The molecular weight excluding hydrogens is 374 g/mol. The monoisotopic (exact) mass is 386 g/mol. The molecule has 1 N–H and O–H groups in total. The number of nitrogens with zero attached hydrogens (tertiary/aromatic N) is 1. The molecule has 0 aliphatic heterocycles. The van der Waals surface area contributed by atoms with Crippen LogP contribution in [0, 0.1) is 11.6 Å². The molecule has 0 aliphatic rings. The first-order valence-electron chi connectivity index (χ1n) is 5.63. The van der Waals surface area contributed by atoms with Gasteiger partial charge in [-0.2, -0.15) is 12.7 Å². The van der Waals surface area contributed by atoms with Crippen LogP contribution >= 0.6 is 15.9 Å². The summed E-state index contributed by atoms with van der Waals surface area (Å²) in [6, 6.07) is 1.85. The van der Waals surface area contributed by atoms with Gasteiger partial charge < -0.3 is 4.74 Å². The quantitative estimate of drug-likeness (QED) is 0.757. The van der Waals surface area contributed by atoms with Crippen molar-refractivity contribution in [3.05, 3.63) is 28.2 Å². The van der Waals surface area contributed by atoms with Crippen LogP contribution in [0.5, 0.6) is 0 Å². The van der Waals surface area contributed by atoms with Crippen molar-refractivity contribution in [3.63, 3.8) is 0 Å². The molecule has 0 radical (unpaired) electrons. The maximum atomic E-state index is 13.6. The van der Waals surface area contributed by atoms with Gasteiger partial charge in [-0.15, -0.1) is 0 Å². The number of anilines is 1. The molecule has 0 bridgehead atoms. The van der Waals surface area contributed by atoms with E-state index >= 15 is 0 Å². The van der Waals surface area contributed by atoms with Crippen molar-refractivity contribution in [3.8, 4) is 0 Å². The van der Waals surface area contributed by atoms with Crippen molar-refractivity contribution in [2.24, 2.45) is 0 Å². The van der Waals surface area contributed by atoms with Crippen molar-refractivity contribution >= 4 is 37.8 Å². The lowest BCUT2D eigenvalue weighted by Gasteiger charge is -2.18. The predicted octanol–water partition coefficient (Wildman–Crippen LogP) is 1.88. The minimum absolute atomic E-state index is 0.138. The molecule has 10 heteroatoms. The fourth-order valence-corrected chi connectivity index (χ4v) is 2.66. The van der Waals surface area contributed by atoms with Crippen LogP contribution < -0.4 is 4.72 Å². The van der Waals surface area contributed by atoms with Crippen LogP contribution in [0.2, 0.25) is 0 Å². The van der Waals surface area contributed by atoms with E-state index in [-0.39, 0.29) is 17.4 Å². The highest BCUT2D eigenvalue weighted by molar-refractivity contribution is 9.10. The first-order chi connectivity index (χ1) is 9.67. The summed E-state index contributed by atoms with van der Waals surface area (Å²) in [6.45, 7) is -0.193. The van der Waals surface area contributed by atoms with E-state index in [0.717, 1.165) is 16.4 Å². The number of hydrogen-bond acceptors (Lipinski definition) is 4. The summed E-state index contributed by atoms with van der Waals surface area (Å²) >= 11 is 2.89. The Kier molecular flexibility index (Phi) is 6.05. The largest absolute Gasteiger partial charge is 0.469 e. The first kappa shape index (κ1) is 17.8. The third kappa shape index (κ3) is 4.90. The van der Waals surface area contributed by atoms with E-state index in [2.05, 4.69) is 20.7 Å². The summed E-state index contributed by atoms with van der Waals surface area (Å²) in [5, 5.41) is 0. The summed E-state index contributed by atoms with van der Waals surface area (Å²) in [5.41, 5.74) is -0.789. The molecule has 0 unspecified atom stereocenters. The van der Waals surface area contributed by atoms with Gasteiger partial charge in [0.05, 0.1) is 13.5 Å². The fourth-order valence-electron chi connectivity index (χ4n) is 1.32. The molecule has 118 valence electrons. The van der Waals surface area contributed by atoms with E-state index < -0.39 is 33.5 Å². The molecular formula is C11H13BrF2N2O4S. The van der Waals surface area contributed by atoms with Gasteiger partial charge in [0.2, 0.25) is 0 Å². The second kappa shape index (κ2) is 7.14. The summed E-state index contributed by atoms with van der Waals surface area (Å²) in [7, 11) is -1.86. The van der Waals surface area contributed by atoms with Gasteiger partial charge in [-0.3, -0.25) is 9.52 Å². The van der Waals surface area contributed by atoms with E-state index in [1.54, 1.807) is 4.72 Å². The van der Waals surface area contributed by atoms with Crippen LogP contribution in [-0.4, -0.2) is 39.4 Å². The Labute approximate surface area is 129 Å². The van der Waals surface area contributed by atoms with Gasteiger partial charge in [0.1, 0.15) is 5.69 Å². The predicted molar refractivity (Wildman–Crippen MR) is 75.9 cm³/mol. The zero-order valence-corrected chi connectivity index (χ0v) is 13.6. The number of benzene rings is 1. The molecule has 6 nitrogen and oxygen atoms in total. The smallest absolute Gasteiger partial charge is 0.306 e. The fraction of sp³-hybridized carbons (Fsp3) is 0.364. The highest BCUT2D eigenvalue weighted by Gasteiger charge is 2.22. The number of hydrogen-bond donors (Lipinski definition) is 1. The van der Waals surface area contributed by atoms with Gasteiger partial charge in [-0.1, -0.05) is 15.9 Å². The summed E-state index contributed by atoms with van der Waals surface area (Å²) in [5.74, 6) is -2.73. The van der Waals surface area contributed by atoms with Gasteiger partial charge in [0.25, 0.3) is 0 Å². The lowest BCUT2D eigenvalue weighted by Crippen LogP contribution is -2.34. The number of nitrogens with one attached hydrogen (secondary N) is 1. The van der Waals surface area contributed by atoms with Crippen molar-refractivity contribution in [2.45, 2.75) is 6.42 Å². The number of rotatable bonds is 6. The van der Waals surface area contributed by atoms with Gasteiger partial charge in [0, 0.05) is 18.1 Å². The Balaban J connectivity index is 2.88. The highest BCUT2D eigenvalue weighted by atomic mass is 79.9. The molecule has 0 saturated carbocycles. The van der Waals surface area contributed by atoms with Crippen molar-refractivity contribution in [1.82, 2.24) is 4.31 Å². The number of ether oxygens (including phenoxy) is 1. The molecule has 0 aromatic heterocycles. The molecule has 0 atom stereocenters. The Morgan fingerprint density at radius 1 is 1.38 bits per heavy atom. The SMILES string of the molecule is COC(=O)CCN(C)S(=O)(=O)Nc1c(F)cc(Br)cc1F. The molecule has 0 spiro atoms. The maximum Gasteiger partial charge on any atom is 0.306 e. The lowest BCUT2D eigenvalue weighted by atomic mass is 10.3. The van der Waals surface area contributed by atoms with Crippen LogP contribution in [0.3, 0.4) is 0 Å².